The molecule has 0 aromatic heterocycles. The third-order valence-electron chi connectivity index (χ3n) is 4.72. The summed E-state index contributed by atoms with van der Waals surface area (Å²) in [5, 5.41) is 3.52. The standard InChI is InChI=1S/C19H21ClN2O4S/c1-13-2-7-17(11-15(13)10-14-3-5-16(20)6-4-14)27(24,25)19(18(21)23)12-22-8-9-26-19/h2-7,11,22H,8-10,12H2,1H3,(H2,21,23). The van der Waals surface area contributed by atoms with Crippen LogP contribution in [0.15, 0.2) is 47.4 Å². The third-order valence-corrected chi connectivity index (χ3v) is 7.18. The second-order valence-corrected chi connectivity index (χ2v) is 9.11. The van der Waals surface area contributed by atoms with Crippen LogP contribution in [0.5, 0.6) is 0 Å². The van der Waals surface area contributed by atoms with E-state index in [0.29, 0.717) is 18.0 Å². The molecule has 27 heavy (non-hydrogen) atoms. The number of hydrogen-bond donors (Lipinski definition) is 2. The predicted octanol–water partition coefficient (Wildman–Crippen LogP) is 1.81. The minimum Gasteiger partial charge on any atom is -0.366 e. The highest BCUT2D eigenvalue weighted by atomic mass is 35.5. The maximum atomic E-state index is 13.2. The Morgan fingerprint density at radius 2 is 1.96 bits per heavy atom. The molecule has 1 saturated heterocycles. The lowest BCUT2D eigenvalue weighted by Gasteiger charge is -2.34. The first kappa shape index (κ1) is 19.8. The highest BCUT2D eigenvalue weighted by Gasteiger charge is 2.52. The minimum atomic E-state index is -4.14. The van der Waals surface area contributed by atoms with E-state index in [9.17, 15) is 13.2 Å². The molecule has 8 heteroatoms. The van der Waals surface area contributed by atoms with Crippen LogP contribution in [0.4, 0.5) is 0 Å². The second kappa shape index (κ2) is 7.59. The number of amides is 1. The number of halogens is 1. The fourth-order valence-electron chi connectivity index (χ4n) is 3.07. The van der Waals surface area contributed by atoms with Crippen molar-refractivity contribution in [1.29, 1.82) is 0 Å². The third kappa shape index (κ3) is 3.73. The van der Waals surface area contributed by atoms with Crippen molar-refractivity contribution in [2.24, 2.45) is 5.73 Å². The number of morpholine rings is 1. The Morgan fingerprint density at radius 3 is 2.56 bits per heavy atom. The summed E-state index contributed by atoms with van der Waals surface area (Å²) in [6.07, 6.45) is 0.537. The van der Waals surface area contributed by atoms with Crippen molar-refractivity contribution in [2.45, 2.75) is 23.2 Å². The van der Waals surface area contributed by atoms with E-state index in [2.05, 4.69) is 5.32 Å². The van der Waals surface area contributed by atoms with Gasteiger partial charge < -0.3 is 15.8 Å². The number of carbonyl (C=O) groups excluding carboxylic acids is 1. The molecule has 3 N–H and O–H groups in total. The molecule has 6 nitrogen and oxygen atoms in total. The number of nitrogens with two attached hydrogens (primary N) is 1. The van der Waals surface area contributed by atoms with E-state index in [4.69, 9.17) is 22.1 Å². The van der Waals surface area contributed by atoms with Crippen molar-refractivity contribution in [2.75, 3.05) is 19.7 Å². The predicted molar refractivity (Wildman–Crippen MR) is 103 cm³/mol. The number of carbonyl (C=O) groups is 1. The first-order valence-corrected chi connectivity index (χ1v) is 10.4. The van der Waals surface area contributed by atoms with Crippen molar-refractivity contribution in [3.63, 3.8) is 0 Å². The van der Waals surface area contributed by atoms with Crippen LogP contribution in [0.1, 0.15) is 16.7 Å². The summed E-state index contributed by atoms with van der Waals surface area (Å²) >= 11 is 5.92. The Morgan fingerprint density at radius 1 is 1.26 bits per heavy atom. The molecule has 144 valence electrons. The van der Waals surface area contributed by atoms with Gasteiger partial charge in [0.2, 0.25) is 9.84 Å². The number of nitrogens with one attached hydrogen (secondary N) is 1. The van der Waals surface area contributed by atoms with Gasteiger partial charge in [0, 0.05) is 18.1 Å². The SMILES string of the molecule is Cc1ccc(S(=O)(=O)C2(C(N)=O)CNCCO2)cc1Cc1ccc(Cl)cc1. The molecule has 1 unspecified atom stereocenters. The molecule has 1 fully saturated rings. The average molecular weight is 409 g/mol. The zero-order valence-corrected chi connectivity index (χ0v) is 16.4. The molecule has 0 saturated carbocycles. The van der Waals surface area contributed by atoms with E-state index in [-0.39, 0.29) is 18.0 Å². The number of rotatable bonds is 5. The van der Waals surface area contributed by atoms with E-state index in [1.165, 1.54) is 6.07 Å². The largest absolute Gasteiger partial charge is 0.366 e. The van der Waals surface area contributed by atoms with Gasteiger partial charge in [0.1, 0.15) is 0 Å². The molecule has 0 radical (unpaired) electrons. The van der Waals surface area contributed by atoms with Gasteiger partial charge in [-0.25, -0.2) is 8.42 Å². The Balaban J connectivity index is 2.01. The van der Waals surface area contributed by atoms with E-state index in [1.54, 1.807) is 24.3 Å². The molecule has 1 atom stereocenters. The van der Waals surface area contributed by atoms with Crippen LogP contribution < -0.4 is 11.1 Å². The summed E-state index contributed by atoms with van der Waals surface area (Å²) < 4.78 is 31.9. The van der Waals surface area contributed by atoms with Crippen molar-refractivity contribution in [3.05, 3.63) is 64.2 Å². The molecular weight excluding hydrogens is 388 g/mol. The number of sulfone groups is 1. The molecule has 0 spiro atoms. The molecule has 2 aromatic rings. The normalized spacial score (nSPS) is 20.4. The van der Waals surface area contributed by atoms with Crippen LogP contribution in [0.3, 0.4) is 0 Å². The van der Waals surface area contributed by atoms with Crippen molar-refractivity contribution < 1.29 is 17.9 Å². The van der Waals surface area contributed by atoms with Gasteiger partial charge in [0.25, 0.3) is 10.8 Å². The fourth-order valence-corrected chi connectivity index (χ4v) is 4.92. The summed E-state index contributed by atoms with van der Waals surface area (Å²) in [5.74, 6) is -1.02. The maximum absolute atomic E-state index is 13.2. The van der Waals surface area contributed by atoms with Gasteiger partial charge >= 0.3 is 0 Å². The molecule has 0 aliphatic carbocycles. The summed E-state index contributed by atoms with van der Waals surface area (Å²) in [4.78, 5) is 9.95. The van der Waals surface area contributed by atoms with Gasteiger partial charge in [-0.15, -0.1) is 0 Å². The number of ether oxygens (including phenoxy) is 1. The first-order valence-electron chi connectivity index (χ1n) is 8.49. The Kier molecular flexibility index (Phi) is 5.58. The molecule has 1 aliphatic rings. The van der Waals surface area contributed by atoms with Crippen LogP contribution in [0, 0.1) is 6.92 Å². The molecule has 2 aromatic carbocycles. The van der Waals surface area contributed by atoms with Crippen LogP contribution >= 0.6 is 11.6 Å². The van der Waals surface area contributed by atoms with Crippen molar-refractivity contribution in [3.8, 4) is 0 Å². The molecular formula is C19H21ClN2O4S. The van der Waals surface area contributed by atoms with Gasteiger partial charge in [-0.3, -0.25) is 4.79 Å². The van der Waals surface area contributed by atoms with E-state index >= 15 is 0 Å². The number of aryl methyl sites for hydroxylation is 1. The molecule has 3 rings (SSSR count). The van der Waals surface area contributed by atoms with E-state index in [0.717, 1.165) is 16.7 Å². The maximum Gasteiger partial charge on any atom is 0.267 e. The summed E-state index contributed by atoms with van der Waals surface area (Å²) in [5.41, 5.74) is 8.21. The van der Waals surface area contributed by atoms with Crippen molar-refractivity contribution in [1.82, 2.24) is 5.32 Å². The van der Waals surface area contributed by atoms with Crippen LogP contribution in [-0.2, 0) is 25.8 Å². The topological polar surface area (TPSA) is 98.5 Å². The van der Waals surface area contributed by atoms with E-state index in [1.807, 2.05) is 19.1 Å². The number of benzene rings is 2. The van der Waals surface area contributed by atoms with Crippen LogP contribution in [0.25, 0.3) is 0 Å². The zero-order valence-electron chi connectivity index (χ0n) is 14.9. The summed E-state index contributed by atoms with van der Waals surface area (Å²) in [6.45, 7) is 2.28. The Bertz CT molecular complexity index is 952. The molecule has 1 aliphatic heterocycles. The monoisotopic (exact) mass is 408 g/mol. The van der Waals surface area contributed by atoms with Gasteiger partial charge in [0.15, 0.2) is 0 Å². The molecule has 1 heterocycles. The average Bonchev–Trinajstić information content (AvgIpc) is 2.65. The molecule has 1 amide bonds. The first-order chi connectivity index (χ1) is 12.8. The van der Waals surface area contributed by atoms with E-state index < -0.39 is 20.7 Å². The second-order valence-electron chi connectivity index (χ2n) is 6.54. The lowest BCUT2D eigenvalue weighted by Crippen LogP contribution is -2.62. The Hall–Kier alpha value is -1.93. The lowest BCUT2D eigenvalue weighted by atomic mass is 10.0. The molecule has 0 bridgehead atoms. The van der Waals surface area contributed by atoms with Crippen LogP contribution in [0.2, 0.25) is 5.02 Å². The van der Waals surface area contributed by atoms with Crippen LogP contribution in [-0.4, -0.2) is 39.0 Å². The Labute approximate surface area is 163 Å². The van der Waals surface area contributed by atoms with Crippen molar-refractivity contribution >= 4 is 27.3 Å². The summed E-state index contributed by atoms with van der Waals surface area (Å²) in [7, 11) is -4.14. The number of primary amides is 1. The van der Waals surface area contributed by atoms with Gasteiger partial charge in [-0.2, -0.15) is 0 Å². The number of hydrogen-bond acceptors (Lipinski definition) is 5. The smallest absolute Gasteiger partial charge is 0.267 e. The zero-order chi connectivity index (χ0) is 19.7. The quantitative estimate of drug-likeness (QED) is 0.786. The highest BCUT2D eigenvalue weighted by molar-refractivity contribution is 7.93. The van der Waals surface area contributed by atoms with Gasteiger partial charge in [-0.1, -0.05) is 29.8 Å². The fraction of sp³-hybridized carbons (Fsp3) is 0.316. The summed E-state index contributed by atoms with van der Waals surface area (Å²) in [6, 6.07) is 12.2. The lowest BCUT2D eigenvalue weighted by molar-refractivity contribution is -0.135. The van der Waals surface area contributed by atoms with Gasteiger partial charge in [-0.05, 0) is 54.3 Å². The highest BCUT2D eigenvalue weighted by Crippen LogP contribution is 2.30. The van der Waals surface area contributed by atoms with Gasteiger partial charge in [0.05, 0.1) is 11.5 Å². The minimum absolute atomic E-state index is 0.0135.